The van der Waals surface area contributed by atoms with Crippen molar-refractivity contribution in [2.24, 2.45) is 0 Å². The lowest BCUT2D eigenvalue weighted by molar-refractivity contribution is -0.890. The fourth-order valence-electron chi connectivity index (χ4n) is 1.74. The first-order chi connectivity index (χ1) is 9.72. The number of ether oxygens (including phenoxy) is 1. The highest BCUT2D eigenvalue weighted by Gasteiger charge is 2.25. The second-order valence-corrected chi connectivity index (χ2v) is 7.94. The van der Waals surface area contributed by atoms with Gasteiger partial charge in [-0.2, -0.15) is 0 Å². The fraction of sp³-hybridized carbons (Fsp3) is 0.786. The van der Waals surface area contributed by atoms with Crippen molar-refractivity contribution in [3.05, 3.63) is 12.2 Å². The molecule has 0 unspecified atom stereocenters. The molecule has 0 heterocycles. The number of rotatable bonds is 11. The Hall–Kier alpha value is -0.600. The third-order valence-electron chi connectivity index (χ3n) is 3.20. The molecule has 6 nitrogen and oxygen atoms in total. The largest absolute Gasteiger partial charge is 0.456 e. The minimum absolute atomic E-state index is 0.336. The second kappa shape index (κ2) is 9.42. The van der Waals surface area contributed by atoms with Crippen molar-refractivity contribution in [3.8, 4) is 0 Å². The molecule has 0 bridgehead atoms. The van der Waals surface area contributed by atoms with Crippen molar-refractivity contribution >= 4 is 16.8 Å². The van der Waals surface area contributed by atoms with E-state index in [9.17, 15) is 4.79 Å². The summed E-state index contributed by atoms with van der Waals surface area (Å²) in [6.45, 7) is 7.24. The smallest absolute Gasteiger partial charge is 0.333 e. The maximum atomic E-state index is 11.3. The molecule has 0 radical (unpaired) electrons. The summed E-state index contributed by atoms with van der Waals surface area (Å²) in [7, 11) is 7.10. The van der Waals surface area contributed by atoms with E-state index in [1.807, 2.05) is 0 Å². The van der Waals surface area contributed by atoms with Gasteiger partial charge in [0.2, 0.25) is 0 Å². The average molecular weight is 324 g/mol. The van der Waals surface area contributed by atoms with Crippen LogP contribution in [0.5, 0.6) is 0 Å². The van der Waals surface area contributed by atoms with Crippen LogP contribution in [0.4, 0.5) is 0 Å². The van der Waals surface area contributed by atoms with Gasteiger partial charge in [0.05, 0.1) is 58.6 Å². The van der Waals surface area contributed by atoms with Crippen molar-refractivity contribution in [2.75, 3.05) is 60.9 Å². The third-order valence-corrected chi connectivity index (χ3v) is 5.51. The zero-order chi connectivity index (χ0) is 16.5. The first kappa shape index (κ1) is 20.4. The maximum absolute atomic E-state index is 11.3. The second-order valence-electron chi connectivity index (χ2n) is 5.41. The summed E-state index contributed by atoms with van der Waals surface area (Å²) in [5.74, 6) is 0.376. The number of hydrogen-bond donors (Lipinski definition) is 0. The van der Waals surface area contributed by atoms with Crippen LogP contribution in [-0.4, -0.2) is 71.3 Å². The van der Waals surface area contributed by atoms with Crippen molar-refractivity contribution in [1.29, 1.82) is 0 Å². The van der Waals surface area contributed by atoms with E-state index in [1.54, 1.807) is 28.3 Å². The number of carbonyl (C=O) groups is 1. The van der Waals surface area contributed by atoms with Crippen LogP contribution in [0, 0.1) is 0 Å². The SMILES string of the molecule is C=C(C)C(=O)OCC[N+](C)(C)CCCS(OC)(OC)OC. The Bertz CT molecular complexity index is 334. The van der Waals surface area contributed by atoms with Gasteiger partial charge >= 0.3 is 5.97 Å². The Morgan fingerprint density at radius 3 is 2.05 bits per heavy atom. The maximum Gasteiger partial charge on any atom is 0.333 e. The molecule has 21 heavy (non-hydrogen) atoms. The molecule has 0 aromatic rings. The molecule has 0 N–H and O–H groups in total. The molecule has 0 spiro atoms. The first-order valence-corrected chi connectivity index (χ1v) is 8.42. The lowest BCUT2D eigenvalue weighted by atomic mass is 10.3. The summed E-state index contributed by atoms with van der Waals surface area (Å²) < 4.78 is 21.9. The highest BCUT2D eigenvalue weighted by Crippen LogP contribution is 2.49. The molecular weight excluding hydrogens is 294 g/mol. The lowest BCUT2D eigenvalue weighted by Gasteiger charge is -2.35. The molecular formula is C14H30NO5S+. The van der Waals surface area contributed by atoms with Gasteiger partial charge in [-0.15, -0.1) is 0 Å². The van der Waals surface area contributed by atoms with Crippen molar-refractivity contribution < 1.29 is 26.6 Å². The molecule has 0 aliphatic heterocycles. The molecule has 7 heteroatoms. The van der Waals surface area contributed by atoms with Gasteiger partial charge in [-0.25, -0.2) is 4.79 Å². The standard InChI is InChI=1S/C14H30NO5S/c1-13(2)14(16)20-11-10-15(3,4)9-8-12-21(17-5,18-6)19-7/h1,8-12H2,2-7H3/q+1. The topological polar surface area (TPSA) is 54.0 Å². The van der Waals surface area contributed by atoms with Crippen LogP contribution in [-0.2, 0) is 22.1 Å². The minimum Gasteiger partial charge on any atom is -0.456 e. The van der Waals surface area contributed by atoms with Crippen LogP contribution in [0.1, 0.15) is 13.3 Å². The number of esters is 1. The molecule has 0 aromatic carbocycles. The zero-order valence-electron chi connectivity index (χ0n) is 14.1. The number of quaternary nitrogens is 1. The Morgan fingerprint density at radius 1 is 1.10 bits per heavy atom. The van der Waals surface area contributed by atoms with E-state index in [2.05, 4.69) is 20.7 Å². The van der Waals surface area contributed by atoms with Crippen molar-refractivity contribution in [3.63, 3.8) is 0 Å². The molecule has 0 saturated carbocycles. The molecule has 0 aliphatic rings. The fourth-order valence-corrected chi connectivity index (χ4v) is 3.13. The summed E-state index contributed by atoms with van der Waals surface area (Å²) >= 11 is 0. The van der Waals surface area contributed by atoms with Crippen LogP contribution in [0.3, 0.4) is 0 Å². The van der Waals surface area contributed by atoms with E-state index in [1.165, 1.54) is 0 Å². The quantitative estimate of drug-likeness (QED) is 0.331. The van der Waals surface area contributed by atoms with Crippen LogP contribution in [0.2, 0.25) is 0 Å². The van der Waals surface area contributed by atoms with Gasteiger partial charge in [0.25, 0.3) is 0 Å². The molecule has 0 amide bonds. The van der Waals surface area contributed by atoms with Gasteiger partial charge in [-0.3, -0.25) is 12.5 Å². The third kappa shape index (κ3) is 7.82. The number of carbonyl (C=O) groups excluding carboxylic acids is 1. The zero-order valence-corrected chi connectivity index (χ0v) is 15.0. The van der Waals surface area contributed by atoms with Crippen molar-refractivity contribution in [2.45, 2.75) is 13.3 Å². The van der Waals surface area contributed by atoms with E-state index in [0.29, 0.717) is 17.9 Å². The van der Waals surface area contributed by atoms with E-state index < -0.39 is 10.9 Å². The molecule has 0 aromatic heterocycles. The van der Waals surface area contributed by atoms with Crippen LogP contribution in [0.25, 0.3) is 0 Å². The van der Waals surface area contributed by atoms with Gasteiger partial charge < -0.3 is 9.22 Å². The Morgan fingerprint density at radius 2 is 1.62 bits per heavy atom. The molecule has 0 aliphatic carbocycles. The first-order valence-electron chi connectivity index (χ1n) is 6.84. The minimum atomic E-state index is -1.88. The molecule has 0 atom stereocenters. The van der Waals surface area contributed by atoms with Gasteiger partial charge in [-0.1, -0.05) is 6.58 Å². The highest BCUT2D eigenvalue weighted by molar-refractivity contribution is 8.21. The summed E-state index contributed by atoms with van der Waals surface area (Å²) in [6, 6.07) is 0. The van der Waals surface area contributed by atoms with Gasteiger partial charge in [0.15, 0.2) is 0 Å². The number of nitrogens with zero attached hydrogens (tertiary/aromatic N) is 1. The van der Waals surface area contributed by atoms with Crippen molar-refractivity contribution in [1.82, 2.24) is 0 Å². The molecule has 0 saturated heterocycles. The summed E-state index contributed by atoms with van der Waals surface area (Å²) in [6.07, 6.45) is 0.895. The molecule has 0 fully saturated rings. The van der Waals surface area contributed by atoms with E-state index in [4.69, 9.17) is 17.3 Å². The van der Waals surface area contributed by atoms with Gasteiger partial charge in [0.1, 0.15) is 13.2 Å². The van der Waals surface area contributed by atoms with E-state index >= 15 is 0 Å². The average Bonchev–Trinajstić information content (AvgIpc) is 2.43. The lowest BCUT2D eigenvalue weighted by Crippen LogP contribution is -2.43. The predicted octanol–water partition coefficient (Wildman–Crippen LogP) is 2.06. The van der Waals surface area contributed by atoms with Gasteiger partial charge in [-0.05, 0) is 6.92 Å². The summed E-state index contributed by atoms with van der Waals surface area (Å²) in [5, 5.41) is 0. The normalized spacial score (nSPS) is 13.0. The molecule has 0 rings (SSSR count). The van der Waals surface area contributed by atoms with Crippen LogP contribution in [0.15, 0.2) is 12.2 Å². The monoisotopic (exact) mass is 324 g/mol. The summed E-state index contributed by atoms with van der Waals surface area (Å²) in [4.78, 5) is 11.3. The number of likely N-dealkylation sites (N-methyl/N-ethyl adjacent to an activating group) is 1. The van der Waals surface area contributed by atoms with E-state index in [0.717, 1.165) is 24.0 Å². The Labute approximate surface area is 130 Å². The van der Waals surface area contributed by atoms with E-state index in [-0.39, 0.29) is 5.97 Å². The molecule has 126 valence electrons. The van der Waals surface area contributed by atoms with Gasteiger partial charge in [0, 0.05) is 12.0 Å². The summed E-state index contributed by atoms with van der Waals surface area (Å²) in [5.41, 5.74) is 0.425. The Balaban J connectivity index is 4.13. The van der Waals surface area contributed by atoms with Crippen LogP contribution >= 0.6 is 10.9 Å². The predicted molar refractivity (Wildman–Crippen MR) is 85.7 cm³/mol. The van der Waals surface area contributed by atoms with Crippen LogP contribution < -0.4 is 0 Å². The highest BCUT2D eigenvalue weighted by atomic mass is 32.3. The Kier molecular flexibility index (Phi) is 9.15. The number of hydrogen-bond acceptors (Lipinski definition) is 5.